The number of urea groups is 1. The molecule has 1 aromatic rings. The second kappa shape index (κ2) is 7.14. The molecule has 0 aliphatic heterocycles. The van der Waals surface area contributed by atoms with Gasteiger partial charge in [0, 0.05) is 13.1 Å². The van der Waals surface area contributed by atoms with Gasteiger partial charge in [-0.15, -0.1) is 0 Å². The summed E-state index contributed by atoms with van der Waals surface area (Å²) in [6, 6.07) is 3.92. The van der Waals surface area contributed by atoms with Crippen molar-refractivity contribution in [3.05, 3.63) is 28.8 Å². The number of carbonyl (C=O) groups is 2. The van der Waals surface area contributed by atoms with Gasteiger partial charge in [0.1, 0.15) is 0 Å². The predicted octanol–water partition coefficient (Wildman–Crippen LogP) is 3.55. The Morgan fingerprint density at radius 2 is 2.05 bits per heavy atom. The number of hydrogen-bond acceptors (Lipinski definition) is 2. The first-order chi connectivity index (χ1) is 9.35. The molecular formula is C14H19ClN2O3. The van der Waals surface area contributed by atoms with E-state index in [1.165, 1.54) is 18.2 Å². The fraction of sp³-hybridized carbons (Fsp3) is 0.429. The number of hydrogen-bond donors (Lipinski definition) is 2. The quantitative estimate of drug-likeness (QED) is 0.873. The summed E-state index contributed by atoms with van der Waals surface area (Å²) < 4.78 is 0. The maximum atomic E-state index is 12.1. The normalized spacial score (nSPS) is 10.4. The van der Waals surface area contributed by atoms with Crippen LogP contribution in [0.1, 0.15) is 31.1 Å². The van der Waals surface area contributed by atoms with Gasteiger partial charge in [-0.2, -0.15) is 0 Å². The first-order valence-corrected chi connectivity index (χ1v) is 6.81. The summed E-state index contributed by atoms with van der Waals surface area (Å²) in [5.74, 6) is -0.715. The number of anilines is 1. The lowest BCUT2D eigenvalue weighted by Gasteiger charge is -2.23. The number of amides is 2. The van der Waals surface area contributed by atoms with Crippen molar-refractivity contribution in [1.29, 1.82) is 0 Å². The van der Waals surface area contributed by atoms with E-state index in [1.54, 1.807) is 4.90 Å². The summed E-state index contributed by atoms with van der Waals surface area (Å²) in [6.07, 6.45) is 0. The Balaban J connectivity index is 2.88. The Hall–Kier alpha value is -1.75. The van der Waals surface area contributed by atoms with Gasteiger partial charge in [0.05, 0.1) is 16.3 Å². The van der Waals surface area contributed by atoms with Gasteiger partial charge in [-0.1, -0.05) is 25.4 Å². The van der Waals surface area contributed by atoms with Crippen LogP contribution in [0.4, 0.5) is 10.5 Å². The molecule has 0 spiro atoms. The Morgan fingerprint density at radius 1 is 1.40 bits per heavy atom. The molecule has 0 aliphatic rings. The van der Waals surface area contributed by atoms with Crippen molar-refractivity contribution < 1.29 is 14.7 Å². The number of benzene rings is 1. The lowest BCUT2D eigenvalue weighted by molar-refractivity contribution is 0.0697. The standard InChI is InChI=1S/C14H19ClN2O3/c1-4-17(8-9(2)3)14(20)16-12-7-10(13(18)19)5-6-11(12)15/h5-7,9H,4,8H2,1-3H3,(H,16,20)(H,18,19). The minimum absolute atomic E-state index is 0.0802. The minimum atomic E-state index is -1.06. The van der Waals surface area contributed by atoms with E-state index in [0.717, 1.165) is 0 Å². The number of halogens is 1. The fourth-order valence-electron chi connectivity index (χ4n) is 1.74. The van der Waals surface area contributed by atoms with E-state index < -0.39 is 5.97 Å². The molecule has 0 atom stereocenters. The number of carboxylic acid groups (broad SMARTS) is 1. The maximum Gasteiger partial charge on any atom is 0.335 e. The Bertz CT molecular complexity index is 503. The van der Waals surface area contributed by atoms with E-state index in [-0.39, 0.29) is 11.6 Å². The first kappa shape index (κ1) is 16.3. The van der Waals surface area contributed by atoms with Gasteiger partial charge in [-0.05, 0) is 31.0 Å². The van der Waals surface area contributed by atoms with Crippen LogP contribution in [0.15, 0.2) is 18.2 Å². The number of carboxylic acids is 1. The first-order valence-electron chi connectivity index (χ1n) is 6.43. The number of carbonyl (C=O) groups excluding carboxylic acids is 1. The Morgan fingerprint density at radius 3 is 2.55 bits per heavy atom. The molecule has 2 amide bonds. The molecule has 5 nitrogen and oxygen atoms in total. The van der Waals surface area contributed by atoms with Gasteiger partial charge in [-0.25, -0.2) is 9.59 Å². The van der Waals surface area contributed by atoms with Gasteiger partial charge in [0.25, 0.3) is 0 Å². The molecule has 20 heavy (non-hydrogen) atoms. The summed E-state index contributed by atoms with van der Waals surface area (Å²) in [7, 11) is 0. The third kappa shape index (κ3) is 4.42. The Kier molecular flexibility index (Phi) is 5.82. The number of nitrogens with zero attached hydrogens (tertiary/aromatic N) is 1. The molecule has 0 saturated heterocycles. The van der Waals surface area contributed by atoms with Crippen molar-refractivity contribution in [2.75, 3.05) is 18.4 Å². The molecule has 2 N–H and O–H groups in total. The van der Waals surface area contributed by atoms with Crippen LogP contribution in [-0.2, 0) is 0 Å². The van der Waals surface area contributed by atoms with Crippen molar-refractivity contribution in [2.45, 2.75) is 20.8 Å². The lowest BCUT2D eigenvalue weighted by Crippen LogP contribution is -2.37. The zero-order chi connectivity index (χ0) is 15.3. The topological polar surface area (TPSA) is 69.6 Å². The molecule has 0 radical (unpaired) electrons. The molecule has 0 aliphatic carbocycles. The van der Waals surface area contributed by atoms with Gasteiger partial charge >= 0.3 is 12.0 Å². The highest BCUT2D eigenvalue weighted by atomic mass is 35.5. The van der Waals surface area contributed by atoms with Crippen LogP contribution in [0.5, 0.6) is 0 Å². The largest absolute Gasteiger partial charge is 0.478 e. The summed E-state index contributed by atoms with van der Waals surface area (Å²) >= 11 is 5.97. The average Bonchev–Trinajstić information content (AvgIpc) is 2.37. The second-order valence-corrected chi connectivity index (χ2v) is 5.27. The minimum Gasteiger partial charge on any atom is -0.478 e. The molecule has 0 bridgehead atoms. The van der Waals surface area contributed by atoms with Crippen LogP contribution >= 0.6 is 11.6 Å². The van der Waals surface area contributed by atoms with Crippen LogP contribution in [-0.4, -0.2) is 35.1 Å². The molecule has 110 valence electrons. The van der Waals surface area contributed by atoms with Crippen LogP contribution in [0.3, 0.4) is 0 Å². The molecule has 1 rings (SSSR count). The molecule has 0 saturated carbocycles. The van der Waals surface area contributed by atoms with E-state index in [1.807, 2.05) is 20.8 Å². The zero-order valence-electron chi connectivity index (χ0n) is 11.8. The molecule has 0 heterocycles. The van der Waals surface area contributed by atoms with Gasteiger partial charge in [-0.3, -0.25) is 0 Å². The number of nitrogens with one attached hydrogen (secondary N) is 1. The summed E-state index contributed by atoms with van der Waals surface area (Å²) in [5.41, 5.74) is 0.385. The number of rotatable bonds is 5. The van der Waals surface area contributed by atoms with Crippen LogP contribution in [0, 0.1) is 5.92 Å². The third-order valence-electron chi connectivity index (χ3n) is 2.71. The Labute approximate surface area is 123 Å². The molecule has 0 unspecified atom stereocenters. The van der Waals surface area contributed by atoms with Gasteiger partial charge in [0.2, 0.25) is 0 Å². The highest BCUT2D eigenvalue weighted by molar-refractivity contribution is 6.33. The van der Waals surface area contributed by atoms with Crippen molar-refractivity contribution in [3.63, 3.8) is 0 Å². The average molecular weight is 299 g/mol. The van der Waals surface area contributed by atoms with Crippen molar-refractivity contribution in [3.8, 4) is 0 Å². The zero-order valence-corrected chi connectivity index (χ0v) is 12.6. The van der Waals surface area contributed by atoms with Crippen LogP contribution in [0.2, 0.25) is 5.02 Å². The monoisotopic (exact) mass is 298 g/mol. The highest BCUT2D eigenvalue weighted by Crippen LogP contribution is 2.23. The third-order valence-corrected chi connectivity index (χ3v) is 3.04. The lowest BCUT2D eigenvalue weighted by atomic mass is 10.2. The maximum absolute atomic E-state index is 12.1. The molecular weight excluding hydrogens is 280 g/mol. The van der Waals surface area contributed by atoms with E-state index in [0.29, 0.717) is 29.7 Å². The molecule has 0 fully saturated rings. The van der Waals surface area contributed by atoms with E-state index in [9.17, 15) is 9.59 Å². The van der Waals surface area contributed by atoms with E-state index in [4.69, 9.17) is 16.7 Å². The van der Waals surface area contributed by atoms with Crippen molar-refractivity contribution >= 4 is 29.3 Å². The van der Waals surface area contributed by atoms with Crippen LogP contribution < -0.4 is 5.32 Å². The van der Waals surface area contributed by atoms with Gasteiger partial charge in [0.15, 0.2) is 0 Å². The number of aromatic carboxylic acids is 1. The summed E-state index contributed by atoms with van der Waals surface area (Å²) in [4.78, 5) is 24.7. The van der Waals surface area contributed by atoms with E-state index in [2.05, 4.69) is 5.32 Å². The van der Waals surface area contributed by atoms with Crippen molar-refractivity contribution in [1.82, 2.24) is 4.90 Å². The SMILES string of the molecule is CCN(CC(C)C)C(=O)Nc1cc(C(=O)O)ccc1Cl. The highest BCUT2D eigenvalue weighted by Gasteiger charge is 2.15. The summed E-state index contributed by atoms with van der Waals surface area (Å²) in [6.45, 7) is 7.12. The van der Waals surface area contributed by atoms with Crippen molar-refractivity contribution in [2.24, 2.45) is 5.92 Å². The predicted molar refractivity (Wildman–Crippen MR) is 79.5 cm³/mol. The van der Waals surface area contributed by atoms with E-state index >= 15 is 0 Å². The molecule has 6 heteroatoms. The van der Waals surface area contributed by atoms with Gasteiger partial charge < -0.3 is 15.3 Å². The molecule has 0 aromatic heterocycles. The van der Waals surface area contributed by atoms with Crippen LogP contribution in [0.25, 0.3) is 0 Å². The smallest absolute Gasteiger partial charge is 0.335 e. The summed E-state index contributed by atoms with van der Waals surface area (Å²) in [5, 5.41) is 11.9. The second-order valence-electron chi connectivity index (χ2n) is 4.86. The fourth-order valence-corrected chi connectivity index (χ4v) is 1.91. The molecule has 1 aromatic carbocycles.